The molecule has 8 heteroatoms. The van der Waals surface area contributed by atoms with Gasteiger partial charge in [0.1, 0.15) is 6.04 Å². The number of methoxy groups -OCH3 is 1. The summed E-state index contributed by atoms with van der Waals surface area (Å²) in [5.41, 5.74) is 0.472. The van der Waals surface area contributed by atoms with Crippen LogP contribution < -0.4 is 10.9 Å². The highest BCUT2D eigenvalue weighted by molar-refractivity contribution is 7.99. The third kappa shape index (κ3) is 6.35. The number of H-pyrrole nitrogens is 1. The quantitative estimate of drug-likeness (QED) is 0.396. The summed E-state index contributed by atoms with van der Waals surface area (Å²) in [5.74, 6) is -0.738. The number of hydrogen-bond acceptors (Lipinski definition) is 6. The van der Waals surface area contributed by atoms with Crippen molar-refractivity contribution in [3.8, 4) is 0 Å². The van der Waals surface area contributed by atoms with E-state index in [1.807, 2.05) is 20.8 Å². The third-order valence-corrected chi connectivity index (χ3v) is 4.48. The Bertz CT molecular complexity index is 618. The van der Waals surface area contributed by atoms with E-state index in [9.17, 15) is 14.4 Å². The Hall–Kier alpha value is -1.83. The zero-order valence-electron chi connectivity index (χ0n) is 14.5. The first kappa shape index (κ1) is 20.2. The maximum Gasteiger partial charge on any atom is 0.328 e. The lowest BCUT2D eigenvalue weighted by Crippen LogP contribution is -2.46. The molecule has 1 heterocycles. The second kappa shape index (κ2) is 10.1. The Balaban J connectivity index is 2.68. The van der Waals surface area contributed by atoms with E-state index in [1.165, 1.54) is 13.2 Å². The molecule has 0 saturated heterocycles. The van der Waals surface area contributed by atoms with Crippen molar-refractivity contribution >= 4 is 23.6 Å². The average molecular weight is 355 g/mol. The summed E-state index contributed by atoms with van der Waals surface area (Å²) >= 11 is 1.13. The van der Waals surface area contributed by atoms with Gasteiger partial charge in [-0.1, -0.05) is 45.4 Å². The van der Waals surface area contributed by atoms with Crippen LogP contribution in [-0.4, -0.2) is 40.7 Å². The second-order valence-corrected chi connectivity index (χ2v) is 6.50. The molecule has 2 N–H and O–H groups in total. The smallest absolute Gasteiger partial charge is 0.328 e. The minimum absolute atomic E-state index is 0.0304. The molecule has 0 fully saturated rings. The zero-order valence-corrected chi connectivity index (χ0v) is 15.4. The molecule has 1 aromatic rings. The van der Waals surface area contributed by atoms with Gasteiger partial charge in [-0.2, -0.15) is 0 Å². The minimum atomic E-state index is -0.675. The van der Waals surface area contributed by atoms with Gasteiger partial charge in [-0.05, 0) is 12.3 Å². The second-order valence-electron chi connectivity index (χ2n) is 5.53. The average Bonchev–Trinajstić information content (AvgIpc) is 2.56. The van der Waals surface area contributed by atoms with Crippen LogP contribution in [0, 0.1) is 5.92 Å². The number of amides is 1. The molecule has 1 rings (SSSR count). The Morgan fingerprint density at radius 2 is 2.12 bits per heavy atom. The van der Waals surface area contributed by atoms with Crippen LogP contribution in [-0.2, 0) is 20.7 Å². The fraction of sp³-hybridized carbons (Fsp3) is 0.625. The molecule has 2 atom stereocenters. The fourth-order valence-corrected chi connectivity index (χ4v) is 2.79. The molecular formula is C16H25N3O4S. The molecule has 0 aliphatic carbocycles. The summed E-state index contributed by atoms with van der Waals surface area (Å²) in [5, 5.41) is 3.09. The number of carbonyl (C=O) groups is 2. The van der Waals surface area contributed by atoms with Crippen molar-refractivity contribution in [3.63, 3.8) is 0 Å². The zero-order chi connectivity index (χ0) is 18.1. The summed E-state index contributed by atoms with van der Waals surface area (Å²) in [6, 6.07) is 0.788. The number of esters is 1. The van der Waals surface area contributed by atoms with Gasteiger partial charge in [-0.3, -0.25) is 9.59 Å². The Morgan fingerprint density at radius 1 is 1.42 bits per heavy atom. The Kier molecular flexibility index (Phi) is 8.53. The van der Waals surface area contributed by atoms with Gasteiger partial charge in [0.05, 0.1) is 12.9 Å². The first-order valence-electron chi connectivity index (χ1n) is 8.01. The van der Waals surface area contributed by atoms with Crippen molar-refractivity contribution in [2.45, 2.75) is 51.2 Å². The number of nitrogens with zero attached hydrogens (tertiary/aromatic N) is 1. The van der Waals surface area contributed by atoms with Crippen LogP contribution in [0.4, 0.5) is 0 Å². The van der Waals surface area contributed by atoms with Gasteiger partial charge < -0.3 is 15.0 Å². The van der Waals surface area contributed by atoms with E-state index >= 15 is 0 Å². The molecule has 0 bridgehead atoms. The van der Waals surface area contributed by atoms with Crippen molar-refractivity contribution in [3.05, 3.63) is 22.1 Å². The number of aromatic amines is 1. The Labute approximate surface area is 146 Å². The van der Waals surface area contributed by atoms with Crippen LogP contribution in [0.2, 0.25) is 0 Å². The Morgan fingerprint density at radius 3 is 2.71 bits per heavy atom. The molecule has 0 aliphatic rings. The van der Waals surface area contributed by atoms with Crippen LogP contribution >= 0.6 is 11.8 Å². The summed E-state index contributed by atoms with van der Waals surface area (Å²) in [6.45, 7) is 5.82. The first-order valence-corrected chi connectivity index (χ1v) is 9.00. The summed E-state index contributed by atoms with van der Waals surface area (Å²) < 4.78 is 4.74. The highest BCUT2D eigenvalue weighted by Crippen LogP contribution is 2.13. The molecule has 24 heavy (non-hydrogen) atoms. The van der Waals surface area contributed by atoms with Gasteiger partial charge in [0.15, 0.2) is 5.16 Å². The molecule has 0 saturated carbocycles. The number of hydrogen-bond donors (Lipinski definition) is 2. The van der Waals surface area contributed by atoms with Crippen molar-refractivity contribution in [2.24, 2.45) is 5.92 Å². The van der Waals surface area contributed by atoms with Gasteiger partial charge >= 0.3 is 5.97 Å². The van der Waals surface area contributed by atoms with Crippen molar-refractivity contribution in [2.75, 3.05) is 12.9 Å². The lowest BCUT2D eigenvalue weighted by Gasteiger charge is -2.21. The SMILES string of the molecule is CCCc1cc(=O)[nH]c(SCC(=O)NC(C(=O)OC)C(C)CC)n1. The van der Waals surface area contributed by atoms with Crippen LogP contribution in [0.25, 0.3) is 0 Å². The highest BCUT2D eigenvalue weighted by atomic mass is 32.2. The van der Waals surface area contributed by atoms with Crippen molar-refractivity contribution in [1.82, 2.24) is 15.3 Å². The maximum atomic E-state index is 12.1. The van der Waals surface area contributed by atoms with E-state index in [2.05, 4.69) is 15.3 Å². The minimum Gasteiger partial charge on any atom is -0.467 e. The molecule has 1 aromatic heterocycles. The van der Waals surface area contributed by atoms with Crippen LogP contribution in [0.5, 0.6) is 0 Å². The van der Waals surface area contributed by atoms with Gasteiger partial charge in [0, 0.05) is 11.8 Å². The van der Waals surface area contributed by atoms with Crippen LogP contribution in [0.3, 0.4) is 0 Å². The summed E-state index contributed by atoms with van der Waals surface area (Å²) in [4.78, 5) is 42.4. The predicted octanol–water partition coefficient (Wildman–Crippen LogP) is 1.52. The molecule has 0 spiro atoms. The van der Waals surface area contributed by atoms with Gasteiger partial charge in [0.2, 0.25) is 5.91 Å². The molecule has 7 nitrogen and oxygen atoms in total. The fourth-order valence-electron chi connectivity index (χ4n) is 2.08. The number of nitrogens with one attached hydrogen (secondary N) is 2. The number of aromatic nitrogens is 2. The lowest BCUT2D eigenvalue weighted by atomic mass is 9.99. The van der Waals surface area contributed by atoms with E-state index in [0.29, 0.717) is 17.3 Å². The molecule has 2 unspecified atom stereocenters. The molecule has 134 valence electrons. The van der Waals surface area contributed by atoms with Crippen molar-refractivity contribution in [1.29, 1.82) is 0 Å². The summed E-state index contributed by atoms with van der Waals surface area (Å²) in [6.07, 6.45) is 2.33. The standard InChI is InChI=1S/C16H25N3O4S/c1-5-7-11-8-12(20)19-16(17-11)24-9-13(21)18-14(10(3)6-2)15(22)23-4/h8,10,14H,5-7,9H2,1-4H3,(H,18,21)(H,17,19,20). The number of rotatable bonds is 9. The van der Waals surface area contributed by atoms with E-state index in [0.717, 1.165) is 24.6 Å². The number of ether oxygens (including phenoxy) is 1. The van der Waals surface area contributed by atoms with E-state index in [-0.39, 0.29) is 23.1 Å². The monoisotopic (exact) mass is 355 g/mol. The van der Waals surface area contributed by atoms with Gasteiger partial charge in [-0.25, -0.2) is 9.78 Å². The first-order chi connectivity index (χ1) is 11.4. The third-order valence-electron chi connectivity index (χ3n) is 3.60. The molecule has 0 aromatic carbocycles. The molecule has 0 radical (unpaired) electrons. The number of aryl methyl sites for hydroxylation is 1. The predicted molar refractivity (Wildman–Crippen MR) is 93.0 cm³/mol. The topological polar surface area (TPSA) is 101 Å². The highest BCUT2D eigenvalue weighted by Gasteiger charge is 2.26. The van der Waals surface area contributed by atoms with E-state index in [1.54, 1.807) is 0 Å². The van der Waals surface area contributed by atoms with E-state index in [4.69, 9.17) is 4.74 Å². The lowest BCUT2D eigenvalue weighted by molar-refractivity contribution is -0.146. The molecular weight excluding hydrogens is 330 g/mol. The van der Waals surface area contributed by atoms with Crippen molar-refractivity contribution < 1.29 is 14.3 Å². The largest absolute Gasteiger partial charge is 0.467 e. The molecule has 1 amide bonds. The van der Waals surface area contributed by atoms with Gasteiger partial charge in [-0.15, -0.1) is 0 Å². The van der Waals surface area contributed by atoms with Crippen LogP contribution in [0.1, 0.15) is 39.3 Å². The maximum absolute atomic E-state index is 12.1. The molecule has 0 aliphatic heterocycles. The normalized spacial score (nSPS) is 13.2. The van der Waals surface area contributed by atoms with Gasteiger partial charge in [0.25, 0.3) is 5.56 Å². The number of carbonyl (C=O) groups excluding carboxylic acids is 2. The van der Waals surface area contributed by atoms with Crippen LogP contribution in [0.15, 0.2) is 16.0 Å². The van der Waals surface area contributed by atoms with E-state index < -0.39 is 12.0 Å². The summed E-state index contributed by atoms with van der Waals surface area (Å²) in [7, 11) is 1.30. The number of thioether (sulfide) groups is 1.